The van der Waals surface area contributed by atoms with Crippen molar-refractivity contribution in [3.05, 3.63) is 0 Å². The van der Waals surface area contributed by atoms with Gasteiger partial charge in [0.15, 0.2) is 5.96 Å². The van der Waals surface area contributed by atoms with Gasteiger partial charge in [0, 0.05) is 6.54 Å². The van der Waals surface area contributed by atoms with Crippen molar-refractivity contribution in [1.82, 2.24) is 5.32 Å². The monoisotopic (exact) mass is 297 g/mol. The molecule has 0 heterocycles. The molecule has 0 aliphatic rings. The van der Waals surface area contributed by atoms with Gasteiger partial charge in [-0.3, -0.25) is 5.41 Å². The van der Waals surface area contributed by atoms with E-state index in [1.807, 2.05) is 0 Å². The minimum atomic E-state index is 0.106. The van der Waals surface area contributed by atoms with Crippen molar-refractivity contribution in [2.75, 3.05) is 6.54 Å². The van der Waals surface area contributed by atoms with Gasteiger partial charge in [0.25, 0.3) is 0 Å². The molecule has 0 radical (unpaired) electrons. The lowest BCUT2D eigenvalue weighted by Crippen LogP contribution is -2.31. The Labute approximate surface area is 133 Å². The highest BCUT2D eigenvalue weighted by Crippen LogP contribution is 2.22. The molecule has 0 saturated carbocycles. The molecule has 0 spiro atoms. The van der Waals surface area contributed by atoms with Crippen molar-refractivity contribution in [2.24, 2.45) is 11.7 Å². The second kappa shape index (κ2) is 15.7. The Kier molecular flexibility index (Phi) is 15.1. The Bertz CT molecular complexity index is 229. The van der Waals surface area contributed by atoms with E-state index in [4.69, 9.17) is 11.1 Å². The molecule has 0 aromatic carbocycles. The van der Waals surface area contributed by atoms with Crippen molar-refractivity contribution < 1.29 is 0 Å². The van der Waals surface area contributed by atoms with Gasteiger partial charge in [0.05, 0.1) is 0 Å². The van der Waals surface area contributed by atoms with E-state index in [1.54, 1.807) is 0 Å². The fourth-order valence-corrected chi connectivity index (χ4v) is 2.94. The highest BCUT2D eigenvalue weighted by molar-refractivity contribution is 5.74. The number of hydrogen-bond donors (Lipinski definition) is 3. The van der Waals surface area contributed by atoms with Crippen LogP contribution in [0.3, 0.4) is 0 Å². The fraction of sp³-hybridized carbons (Fsp3) is 0.944. The van der Waals surface area contributed by atoms with Crippen molar-refractivity contribution in [1.29, 1.82) is 5.41 Å². The second-order valence-electron chi connectivity index (χ2n) is 6.40. The molecule has 1 unspecified atom stereocenters. The van der Waals surface area contributed by atoms with Gasteiger partial charge in [-0.15, -0.1) is 0 Å². The van der Waals surface area contributed by atoms with Crippen LogP contribution in [0.1, 0.15) is 97.3 Å². The maximum Gasteiger partial charge on any atom is 0.185 e. The molecule has 0 aliphatic heterocycles. The van der Waals surface area contributed by atoms with Crippen LogP contribution in [0, 0.1) is 11.3 Å². The average molecular weight is 298 g/mol. The topological polar surface area (TPSA) is 61.9 Å². The maximum absolute atomic E-state index is 7.18. The van der Waals surface area contributed by atoms with Crippen molar-refractivity contribution in [3.8, 4) is 0 Å². The predicted molar refractivity (Wildman–Crippen MR) is 94.8 cm³/mol. The molecular weight excluding hydrogens is 258 g/mol. The first kappa shape index (κ1) is 20.3. The molecule has 0 aromatic heterocycles. The van der Waals surface area contributed by atoms with E-state index < -0.39 is 0 Å². The number of unbranched alkanes of at least 4 members (excludes halogenated alkanes) is 7. The fourth-order valence-electron chi connectivity index (χ4n) is 2.94. The van der Waals surface area contributed by atoms with Crippen LogP contribution in [0.2, 0.25) is 0 Å². The van der Waals surface area contributed by atoms with Crippen LogP contribution in [0.5, 0.6) is 0 Å². The summed E-state index contributed by atoms with van der Waals surface area (Å²) < 4.78 is 0. The lowest BCUT2D eigenvalue weighted by Gasteiger charge is -2.17. The van der Waals surface area contributed by atoms with Gasteiger partial charge < -0.3 is 11.1 Å². The predicted octanol–water partition coefficient (Wildman–Crippen LogP) is 5.20. The van der Waals surface area contributed by atoms with Gasteiger partial charge in [-0.2, -0.15) is 0 Å². The van der Waals surface area contributed by atoms with Gasteiger partial charge in [0.1, 0.15) is 0 Å². The van der Waals surface area contributed by atoms with Crippen LogP contribution >= 0.6 is 0 Å². The van der Waals surface area contributed by atoms with Crippen LogP contribution in [-0.2, 0) is 0 Å². The highest BCUT2D eigenvalue weighted by atomic mass is 15.0. The number of rotatable bonds is 15. The smallest absolute Gasteiger partial charge is 0.185 e. The molecule has 126 valence electrons. The highest BCUT2D eigenvalue weighted by Gasteiger charge is 2.08. The molecule has 0 bridgehead atoms. The third kappa shape index (κ3) is 15.5. The SMILES string of the molecule is CCCCCCCC(CCCCCC)CCCNC(=N)N. The third-order valence-corrected chi connectivity index (χ3v) is 4.29. The third-order valence-electron chi connectivity index (χ3n) is 4.29. The molecule has 0 saturated heterocycles. The average Bonchev–Trinajstić information content (AvgIpc) is 2.46. The molecule has 0 aromatic rings. The van der Waals surface area contributed by atoms with Gasteiger partial charge in [-0.25, -0.2) is 0 Å². The standard InChI is InChI=1S/C18H39N3/c1-3-5-7-9-11-14-17(13-10-8-6-4-2)15-12-16-21-18(19)20/h17H,3-16H2,1-2H3,(H4,19,20,21). The first-order valence-electron chi connectivity index (χ1n) is 9.28. The lowest BCUT2D eigenvalue weighted by molar-refractivity contribution is 0.373. The summed E-state index contributed by atoms with van der Waals surface area (Å²) >= 11 is 0. The number of nitrogens with one attached hydrogen (secondary N) is 2. The molecule has 4 N–H and O–H groups in total. The summed E-state index contributed by atoms with van der Waals surface area (Å²) in [5.74, 6) is 0.992. The quantitative estimate of drug-likeness (QED) is 0.221. The van der Waals surface area contributed by atoms with Crippen LogP contribution in [0.25, 0.3) is 0 Å². The number of guanidine groups is 1. The van der Waals surface area contributed by atoms with Gasteiger partial charge >= 0.3 is 0 Å². The Morgan fingerprint density at radius 1 is 0.810 bits per heavy atom. The van der Waals surface area contributed by atoms with Gasteiger partial charge in [0.2, 0.25) is 0 Å². The van der Waals surface area contributed by atoms with E-state index >= 15 is 0 Å². The molecule has 3 nitrogen and oxygen atoms in total. The molecular formula is C18H39N3. The first-order chi connectivity index (χ1) is 10.2. The molecule has 1 atom stereocenters. The van der Waals surface area contributed by atoms with Crippen molar-refractivity contribution >= 4 is 5.96 Å². The molecule has 21 heavy (non-hydrogen) atoms. The summed E-state index contributed by atoms with van der Waals surface area (Å²) in [6, 6.07) is 0. The van der Waals surface area contributed by atoms with Gasteiger partial charge in [-0.05, 0) is 18.8 Å². The molecule has 3 heteroatoms. The first-order valence-corrected chi connectivity index (χ1v) is 9.28. The zero-order valence-electron chi connectivity index (χ0n) is 14.6. The van der Waals surface area contributed by atoms with E-state index in [0.29, 0.717) is 0 Å². The Morgan fingerprint density at radius 2 is 1.29 bits per heavy atom. The van der Waals surface area contributed by atoms with E-state index in [1.165, 1.54) is 77.0 Å². The second-order valence-corrected chi connectivity index (χ2v) is 6.40. The van der Waals surface area contributed by atoms with Crippen LogP contribution in [0.4, 0.5) is 0 Å². The van der Waals surface area contributed by atoms with E-state index in [2.05, 4.69) is 19.2 Å². The Balaban J connectivity index is 3.76. The Morgan fingerprint density at radius 3 is 1.81 bits per heavy atom. The Hall–Kier alpha value is -0.730. The van der Waals surface area contributed by atoms with E-state index in [0.717, 1.165) is 18.9 Å². The molecule has 0 fully saturated rings. The van der Waals surface area contributed by atoms with Crippen molar-refractivity contribution in [3.63, 3.8) is 0 Å². The minimum Gasteiger partial charge on any atom is -0.370 e. The normalized spacial score (nSPS) is 12.3. The van der Waals surface area contributed by atoms with Crippen LogP contribution in [-0.4, -0.2) is 12.5 Å². The summed E-state index contributed by atoms with van der Waals surface area (Å²) in [6.07, 6.45) is 17.7. The summed E-state index contributed by atoms with van der Waals surface area (Å²) in [7, 11) is 0. The van der Waals surface area contributed by atoms with Crippen molar-refractivity contribution in [2.45, 2.75) is 97.3 Å². The maximum atomic E-state index is 7.18. The minimum absolute atomic E-state index is 0.106. The lowest BCUT2D eigenvalue weighted by atomic mass is 9.90. The largest absolute Gasteiger partial charge is 0.370 e. The van der Waals surface area contributed by atoms with Crippen LogP contribution < -0.4 is 11.1 Å². The molecule has 0 aliphatic carbocycles. The number of nitrogens with two attached hydrogens (primary N) is 1. The summed E-state index contributed by atoms with van der Waals surface area (Å²) in [4.78, 5) is 0. The molecule has 0 amide bonds. The summed E-state index contributed by atoms with van der Waals surface area (Å²) in [5.41, 5.74) is 5.32. The molecule has 0 rings (SSSR count). The summed E-state index contributed by atoms with van der Waals surface area (Å²) in [6.45, 7) is 5.41. The van der Waals surface area contributed by atoms with Crippen LogP contribution in [0.15, 0.2) is 0 Å². The van der Waals surface area contributed by atoms with E-state index in [9.17, 15) is 0 Å². The zero-order chi connectivity index (χ0) is 15.8. The zero-order valence-corrected chi connectivity index (χ0v) is 14.6. The van der Waals surface area contributed by atoms with E-state index in [-0.39, 0.29) is 5.96 Å². The summed E-state index contributed by atoms with van der Waals surface area (Å²) in [5, 5.41) is 10.1. The van der Waals surface area contributed by atoms with Gasteiger partial charge in [-0.1, -0.05) is 84.5 Å². The number of hydrogen-bond acceptors (Lipinski definition) is 1.